The van der Waals surface area contributed by atoms with E-state index in [1.165, 1.54) is 0 Å². The summed E-state index contributed by atoms with van der Waals surface area (Å²) >= 11 is 1.57. The molecular weight excluding hydrogens is 336 g/mol. The molecule has 0 radical (unpaired) electrons. The van der Waals surface area contributed by atoms with Gasteiger partial charge < -0.3 is 9.84 Å². The van der Waals surface area contributed by atoms with Gasteiger partial charge in [-0.1, -0.05) is 23.4 Å². The fourth-order valence-corrected chi connectivity index (χ4v) is 3.08. The van der Waals surface area contributed by atoms with Gasteiger partial charge in [-0.25, -0.2) is 0 Å². The van der Waals surface area contributed by atoms with Gasteiger partial charge in [0.05, 0.1) is 17.4 Å². The second-order valence-electron chi connectivity index (χ2n) is 5.49. The molecule has 1 amide bonds. The van der Waals surface area contributed by atoms with Crippen molar-refractivity contribution in [3.63, 3.8) is 0 Å². The van der Waals surface area contributed by atoms with Crippen LogP contribution in [-0.4, -0.2) is 21.0 Å². The van der Waals surface area contributed by atoms with Crippen LogP contribution in [0.4, 0.5) is 5.69 Å². The molecule has 0 unspecified atom stereocenters. The number of thiophene rings is 1. The highest BCUT2D eigenvalue weighted by Gasteiger charge is 2.11. The molecule has 0 saturated carbocycles. The Labute approximate surface area is 147 Å². The second-order valence-corrected chi connectivity index (χ2v) is 6.27. The topological polar surface area (TPSA) is 80.9 Å². The van der Waals surface area contributed by atoms with Crippen LogP contribution < -0.4 is 5.32 Å². The van der Waals surface area contributed by atoms with Gasteiger partial charge >= 0.3 is 0 Å². The van der Waals surface area contributed by atoms with Crippen molar-refractivity contribution in [3.8, 4) is 11.4 Å². The highest BCUT2D eigenvalue weighted by Crippen LogP contribution is 2.19. The number of aromatic nitrogens is 3. The summed E-state index contributed by atoms with van der Waals surface area (Å²) in [4.78, 5) is 20.8. The summed E-state index contributed by atoms with van der Waals surface area (Å²) < 4.78 is 5.20. The van der Waals surface area contributed by atoms with E-state index in [9.17, 15) is 4.79 Å². The van der Waals surface area contributed by atoms with Crippen molar-refractivity contribution in [2.75, 3.05) is 5.32 Å². The van der Waals surface area contributed by atoms with Crippen LogP contribution in [0.15, 0.2) is 57.9 Å². The molecule has 124 valence electrons. The van der Waals surface area contributed by atoms with E-state index in [1.807, 2.05) is 47.2 Å². The van der Waals surface area contributed by atoms with Crippen LogP contribution >= 0.6 is 11.3 Å². The quantitative estimate of drug-likeness (QED) is 0.590. The number of para-hydroxylation sites is 1. The Morgan fingerprint density at radius 1 is 1.24 bits per heavy atom. The van der Waals surface area contributed by atoms with E-state index in [0.717, 1.165) is 16.5 Å². The Morgan fingerprint density at radius 3 is 3.04 bits per heavy atom. The lowest BCUT2D eigenvalue weighted by molar-refractivity contribution is -0.116. The first-order valence-corrected chi connectivity index (χ1v) is 8.72. The number of pyridine rings is 1. The van der Waals surface area contributed by atoms with Crippen LogP contribution in [0, 0.1) is 0 Å². The highest BCUT2D eigenvalue weighted by atomic mass is 32.1. The second kappa shape index (κ2) is 6.82. The molecule has 25 heavy (non-hydrogen) atoms. The summed E-state index contributed by atoms with van der Waals surface area (Å²) in [6, 6.07) is 11.6. The van der Waals surface area contributed by atoms with Crippen molar-refractivity contribution in [1.29, 1.82) is 0 Å². The van der Waals surface area contributed by atoms with E-state index in [4.69, 9.17) is 4.52 Å². The fourth-order valence-electron chi connectivity index (χ4n) is 2.45. The Hall–Kier alpha value is -3.06. The smallest absolute Gasteiger partial charge is 0.227 e. The number of hydrogen-bond donors (Lipinski definition) is 1. The molecule has 3 heterocycles. The van der Waals surface area contributed by atoms with Gasteiger partial charge in [-0.3, -0.25) is 9.78 Å². The van der Waals surface area contributed by atoms with Crippen molar-refractivity contribution in [2.45, 2.75) is 12.8 Å². The zero-order valence-corrected chi connectivity index (χ0v) is 14.0. The van der Waals surface area contributed by atoms with Gasteiger partial charge in [0.15, 0.2) is 0 Å². The lowest BCUT2D eigenvalue weighted by Gasteiger charge is -2.05. The van der Waals surface area contributed by atoms with Crippen LogP contribution in [0.1, 0.15) is 12.3 Å². The molecule has 3 aromatic heterocycles. The highest BCUT2D eigenvalue weighted by molar-refractivity contribution is 7.08. The van der Waals surface area contributed by atoms with E-state index in [-0.39, 0.29) is 12.3 Å². The SMILES string of the molecule is O=C(CCc1nc(-c2ccsc2)no1)Nc1cnc2ccccc2c1. The van der Waals surface area contributed by atoms with Crippen molar-refractivity contribution >= 4 is 33.8 Å². The van der Waals surface area contributed by atoms with Gasteiger partial charge in [0.2, 0.25) is 17.6 Å². The van der Waals surface area contributed by atoms with Crippen molar-refractivity contribution in [1.82, 2.24) is 15.1 Å². The van der Waals surface area contributed by atoms with Gasteiger partial charge in [0.1, 0.15) is 0 Å². The van der Waals surface area contributed by atoms with Crippen LogP contribution in [-0.2, 0) is 11.2 Å². The molecule has 0 spiro atoms. The average molecular weight is 350 g/mol. The summed E-state index contributed by atoms with van der Waals surface area (Å²) in [7, 11) is 0. The number of carbonyl (C=O) groups excluding carboxylic acids is 1. The summed E-state index contributed by atoms with van der Waals surface area (Å²) in [5.74, 6) is 0.885. The molecule has 1 aromatic carbocycles. The molecule has 4 aromatic rings. The number of fused-ring (bicyclic) bond motifs is 1. The molecule has 7 heteroatoms. The lowest BCUT2D eigenvalue weighted by atomic mass is 10.2. The minimum absolute atomic E-state index is 0.118. The van der Waals surface area contributed by atoms with Gasteiger partial charge in [-0.15, -0.1) is 0 Å². The predicted molar refractivity (Wildman–Crippen MR) is 96.3 cm³/mol. The number of hydrogen-bond acceptors (Lipinski definition) is 6. The molecular formula is C18H14N4O2S. The van der Waals surface area contributed by atoms with Crippen molar-refractivity contribution in [3.05, 3.63) is 59.2 Å². The lowest BCUT2D eigenvalue weighted by Crippen LogP contribution is -2.12. The van der Waals surface area contributed by atoms with Crippen LogP contribution in [0.25, 0.3) is 22.3 Å². The Morgan fingerprint density at radius 2 is 2.16 bits per heavy atom. The molecule has 1 N–H and O–H groups in total. The Kier molecular flexibility index (Phi) is 4.22. The first-order chi connectivity index (χ1) is 12.3. The van der Waals surface area contributed by atoms with Crippen molar-refractivity contribution in [2.24, 2.45) is 0 Å². The first kappa shape index (κ1) is 15.5. The molecule has 0 fully saturated rings. The minimum Gasteiger partial charge on any atom is -0.339 e. The van der Waals surface area contributed by atoms with E-state index in [0.29, 0.717) is 23.8 Å². The van der Waals surface area contributed by atoms with Gasteiger partial charge in [0, 0.05) is 29.2 Å². The normalized spacial score (nSPS) is 10.9. The average Bonchev–Trinajstić information content (AvgIpc) is 3.31. The van der Waals surface area contributed by atoms with Crippen molar-refractivity contribution < 1.29 is 9.32 Å². The number of anilines is 1. The zero-order chi connectivity index (χ0) is 17.1. The largest absolute Gasteiger partial charge is 0.339 e. The Bertz CT molecular complexity index is 1010. The maximum Gasteiger partial charge on any atom is 0.227 e. The fraction of sp³-hybridized carbons (Fsp3) is 0.111. The third kappa shape index (κ3) is 3.56. The molecule has 0 aliphatic rings. The summed E-state index contributed by atoms with van der Waals surface area (Å²) in [6.45, 7) is 0. The van der Waals surface area contributed by atoms with E-state index < -0.39 is 0 Å². The van der Waals surface area contributed by atoms with Crippen LogP contribution in [0.3, 0.4) is 0 Å². The van der Waals surface area contributed by atoms with Gasteiger partial charge in [-0.2, -0.15) is 16.3 Å². The number of amides is 1. The summed E-state index contributed by atoms with van der Waals surface area (Å²) in [5.41, 5.74) is 2.49. The maximum atomic E-state index is 12.1. The third-order valence-corrected chi connectivity index (χ3v) is 4.37. The number of nitrogens with one attached hydrogen (secondary N) is 1. The monoisotopic (exact) mass is 350 g/mol. The first-order valence-electron chi connectivity index (χ1n) is 7.78. The summed E-state index contributed by atoms with van der Waals surface area (Å²) in [6.07, 6.45) is 2.31. The van der Waals surface area contributed by atoms with Crippen LogP contribution in [0.2, 0.25) is 0 Å². The third-order valence-electron chi connectivity index (χ3n) is 3.69. The molecule has 0 aliphatic carbocycles. The number of aryl methyl sites for hydroxylation is 1. The number of rotatable bonds is 5. The predicted octanol–water partition coefficient (Wildman–Crippen LogP) is 3.92. The zero-order valence-electron chi connectivity index (χ0n) is 13.2. The number of benzene rings is 1. The minimum atomic E-state index is -0.118. The van der Waals surface area contributed by atoms with Crippen LogP contribution in [0.5, 0.6) is 0 Å². The number of carbonyl (C=O) groups is 1. The molecule has 4 rings (SSSR count). The molecule has 0 saturated heterocycles. The molecule has 6 nitrogen and oxygen atoms in total. The van der Waals surface area contributed by atoms with Gasteiger partial charge in [0.25, 0.3) is 0 Å². The Balaban J connectivity index is 1.37. The van der Waals surface area contributed by atoms with E-state index in [2.05, 4.69) is 20.4 Å². The molecule has 0 atom stereocenters. The van der Waals surface area contributed by atoms with Gasteiger partial charge in [-0.05, 0) is 23.6 Å². The maximum absolute atomic E-state index is 12.1. The molecule has 0 bridgehead atoms. The number of nitrogens with zero attached hydrogens (tertiary/aromatic N) is 3. The molecule has 0 aliphatic heterocycles. The van der Waals surface area contributed by atoms with E-state index in [1.54, 1.807) is 17.5 Å². The summed E-state index contributed by atoms with van der Waals surface area (Å²) in [5, 5.41) is 11.7. The standard InChI is InChI=1S/C18H14N4O2S/c23-16(20-14-9-12-3-1-2-4-15(12)19-10-14)5-6-17-21-18(22-24-17)13-7-8-25-11-13/h1-4,7-11H,5-6H2,(H,20,23). The van der Waals surface area contributed by atoms with E-state index >= 15 is 0 Å².